The third-order valence-electron chi connectivity index (χ3n) is 4.51. The van der Waals surface area contributed by atoms with Crippen molar-refractivity contribution in [3.05, 3.63) is 39.8 Å². The molecule has 0 unspecified atom stereocenters. The van der Waals surface area contributed by atoms with E-state index in [0.29, 0.717) is 11.7 Å². The highest BCUT2D eigenvalue weighted by Gasteiger charge is 2.23. The number of amides is 1. The van der Waals surface area contributed by atoms with Gasteiger partial charge in [0.25, 0.3) is 0 Å². The van der Waals surface area contributed by atoms with E-state index in [1.807, 2.05) is 39.0 Å². The van der Waals surface area contributed by atoms with Crippen LogP contribution in [-0.4, -0.2) is 38.6 Å². The zero-order valence-electron chi connectivity index (χ0n) is 15.2. The number of nitrogens with one attached hydrogen (secondary N) is 2. The summed E-state index contributed by atoms with van der Waals surface area (Å²) in [5.41, 5.74) is 2.60. The third kappa shape index (κ3) is 4.19. The van der Waals surface area contributed by atoms with Gasteiger partial charge in [0.1, 0.15) is 0 Å². The van der Waals surface area contributed by atoms with Crippen molar-refractivity contribution >= 4 is 23.4 Å². The van der Waals surface area contributed by atoms with Crippen molar-refractivity contribution < 1.29 is 9.53 Å². The third-order valence-corrected chi connectivity index (χ3v) is 5.60. The fourth-order valence-electron chi connectivity index (χ4n) is 2.99. The molecular weight excluding hydrogens is 352 g/mol. The number of anilines is 1. The van der Waals surface area contributed by atoms with Crippen LogP contribution >= 0.6 is 11.8 Å². The molecule has 26 heavy (non-hydrogen) atoms. The lowest BCUT2D eigenvalue weighted by Gasteiger charge is -2.16. The van der Waals surface area contributed by atoms with Crippen LogP contribution in [0.25, 0.3) is 0 Å². The number of aromatic nitrogens is 3. The van der Waals surface area contributed by atoms with Crippen LogP contribution < -0.4 is 11.0 Å². The second-order valence-electron chi connectivity index (χ2n) is 6.57. The molecule has 1 aliphatic rings. The highest BCUT2D eigenvalue weighted by Crippen LogP contribution is 2.25. The molecule has 3 rings (SSSR count). The zero-order valence-corrected chi connectivity index (χ0v) is 16.1. The number of aromatic amines is 1. The summed E-state index contributed by atoms with van der Waals surface area (Å²) in [6.45, 7) is 6.93. The van der Waals surface area contributed by atoms with Crippen LogP contribution in [0.1, 0.15) is 30.9 Å². The van der Waals surface area contributed by atoms with E-state index in [1.54, 1.807) is 4.57 Å². The normalized spacial score (nSPS) is 18.0. The number of carbonyl (C=O) groups is 1. The van der Waals surface area contributed by atoms with Crippen LogP contribution in [0.4, 0.5) is 5.69 Å². The van der Waals surface area contributed by atoms with Crippen LogP contribution in [0, 0.1) is 13.8 Å². The maximum Gasteiger partial charge on any atom is 0.344 e. The first-order chi connectivity index (χ1) is 12.5. The molecule has 1 aliphatic heterocycles. The minimum atomic E-state index is -0.396. The Balaban J connectivity index is 1.68. The van der Waals surface area contributed by atoms with Gasteiger partial charge in [-0.1, -0.05) is 30.0 Å². The molecule has 0 radical (unpaired) electrons. The number of para-hydroxylation sites is 1. The lowest BCUT2D eigenvalue weighted by Crippen LogP contribution is -2.27. The summed E-state index contributed by atoms with van der Waals surface area (Å²) >= 11 is 1.27. The quantitative estimate of drug-likeness (QED) is 0.756. The topological polar surface area (TPSA) is 89.0 Å². The summed E-state index contributed by atoms with van der Waals surface area (Å²) in [4.78, 5) is 24.6. The highest BCUT2D eigenvalue weighted by molar-refractivity contribution is 8.00. The predicted molar refractivity (Wildman–Crippen MR) is 102 cm³/mol. The van der Waals surface area contributed by atoms with Crippen LogP contribution in [0.2, 0.25) is 0 Å². The fraction of sp³-hybridized carbons (Fsp3) is 0.500. The van der Waals surface area contributed by atoms with E-state index in [0.717, 1.165) is 36.3 Å². The van der Waals surface area contributed by atoms with Crippen molar-refractivity contribution in [3.63, 3.8) is 0 Å². The number of hydrogen-bond donors (Lipinski definition) is 2. The van der Waals surface area contributed by atoms with E-state index >= 15 is 0 Å². The summed E-state index contributed by atoms with van der Waals surface area (Å²) in [6.07, 6.45) is 1.97. The molecule has 7 nitrogen and oxygen atoms in total. The molecule has 2 atom stereocenters. The van der Waals surface area contributed by atoms with Gasteiger partial charge in [-0.25, -0.2) is 9.89 Å². The summed E-state index contributed by atoms with van der Waals surface area (Å²) in [5.74, 6) is -0.119. The standard InChI is InChI=1S/C18H24N4O3S/c1-11-6-4-7-12(2)15(11)19-16(23)13(3)26-18-21-20-17(24)22(18)10-14-8-5-9-25-14/h4,6-7,13-14H,5,8-10H2,1-3H3,(H,19,23)(H,20,24)/t13-,14-/m0/s1. The lowest BCUT2D eigenvalue weighted by molar-refractivity contribution is -0.115. The number of hydrogen-bond acceptors (Lipinski definition) is 5. The van der Waals surface area contributed by atoms with Gasteiger partial charge in [-0.3, -0.25) is 9.36 Å². The summed E-state index contributed by atoms with van der Waals surface area (Å²) < 4.78 is 7.16. The monoisotopic (exact) mass is 376 g/mol. The molecule has 1 aromatic carbocycles. The molecule has 0 aliphatic carbocycles. The predicted octanol–water partition coefficient (Wildman–Crippen LogP) is 2.49. The molecule has 8 heteroatoms. The number of H-pyrrole nitrogens is 1. The van der Waals surface area contributed by atoms with Gasteiger partial charge < -0.3 is 10.1 Å². The Morgan fingerprint density at radius 3 is 2.85 bits per heavy atom. The van der Waals surface area contributed by atoms with Crippen molar-refractivity contribution in [2.45, 2.75) is 56.7 Å². The second kappa shape index (κ2) is 8.09. The summed E-state index contributed by atoms with van der Waals surface area (Å²) in [6, 6.07) is 5.90. The van der Waals surface area contributed by atoms with Crippen LogP contribution in [-0.2, 0) is 16.1 Å². The zero-order chi connectivity index (χ0) is 18.7. The first-order valence-electron chi connectivity index (χ1n) is 8.76. The molecule has 0 saturated carbocycles. The van der Waals surface area contributed by atoms with Gasteiger partial charge in [0.15, 0.2) is 5.16 Å². The summed E-state index contributed by atoms with van der Waals surface area (Å²) in [7, 11) is 0. The number of thioether (sulfide) groups is 1. The van der Waals surface area contributed by atoms with Gasteiger partial charge in [-0.05, 0) is 44.7 Å². The molecule has 1 aromatic heterocycles. The first kappa shape index (κ1) is 18.7. The number of aryl methyl sites for hydroxylation is 2. The van der Waals surface area contributed by atoms with Gasteiger partial charge in [0, 0.05) is 12.3 Å². The van der Waals surface area contributed by atoms with Gasteiger partial charge in [0.05, 0.1) is 17.9 Å². The smallest absolute Gasteiger partial charge is 0.344 e. The maximum absolute atomic E-state index is 12.6. The molecular formula is C18H24N4O3S. The molecule has 2 N–H and O–H groups in total. The molecule has 2 aromatic rings. The number of carbonyl (C=O) groups excluding carboxylic acids is 1. The van der Waals surface area contributed by atoms with E-state index < -0.39 is 5.25 Å². The number of ether oxygens (including phenoxy) is 1. The Labute approximate surface area is 156 Å². The van der Waals surface area contributed by atoms with Crippen molar-refractivity contribution in [1.82, 2.24) is 14.8 Å². The molecule has 0 spiro atoms. The molecule has 1 saturated heterocycles. The van der Waals surface area contributed by atoms with Crippen LogP contribution in [0.15, 0.2) is 28.2 Å². The highest BCUT2D eigenvalue weighted by atomic mass is 32.2. The van der Waals surface area contributed by atoms with Crippen molar-refractivity contribution in [1.29, 1.82) is 0 Å². The molecule has 1 fully saturated rings. The minimum absolute atomic E-state index is 0.0309. The average molecular weight is 376 g/mol. The van der Waals surface area contributed by atoms with Crippen LogP contribution in [0.3, 0.4) is 0 Å². The van der Waals surface area contributed by atoms with E-state index in [4.69, 9.17) is 4.74 Å². The summed E-state index contributed by atoms with van der Waals surface area (Å²) in [5, 5.41) is 9.65. The molecule has 2 heterocycles. The van der Waals surface area contributed by atoms with E-state index in [-0.39, 0.29) is 17.7 Å². The number of nitrogens with zero attached hydrogens (tertiary/aromatic N) is 2. The number of benzene rings is 1. The van der Waals surface area contributed by atoms with Crippen molar-refractivity contribution in [2.75, 3.05) is 11.9 Å². The average Bonchev–Trinajstić information content (AvgIpc) is 3.23. The minimum Gasteiger partial charge on any atom is -0.376 e. The van der Waals surface area contributed by atoms with E-state index in [2.05, 4.69) is 15.5 Å². The Hall–Kier alpha value is -2.06. The van der Waals surface area contributed by atoms with Crippen LogP contribution in [0.5, 0.6) is 0 Å². The van der Waals surface area contributed by atoms with Crippen molar-refractivity contribution in [2.24, 2.45) is 0 Å². The van der Waals surface area contributed by atoms with E-state index in [1.165, 1.54) is 11.8 Å². The van der Waals surface area contributed by atoms with Gasteiger partial charge in [0.2, 0.25) is 5.91 Å². The molecule has 0 bridgehead atoms. The molecule has 140 valence electrons. The largest absolute Gasteiger partial charge is 0.376 e. The Bertz CT molecular complexity index is 819. The number of rotatable bonds is 6. The molecule has 1 amide bonds. The van der Waals surface area contributed by atoms with E-state index in [9.17, 15) is 9.59 Å². The Morgan fingerprint density at radius 1 is 1.46 bits per heavy atom. The first-order valence-corrected chi connectivity index (χ1v) is 9.64. The van der Waals surface area contributed by atoms with Gasteiger partial charge in [-0.15, -0.1) is 5.10 Å². The second-order valence-corrected chi connectivity index (χ2v) is 7.88. The SMILES string of the molecule is Cc1cccc(C)c1NC(=O)[C@H](C)Sc1n[nH]c(=O)n1C[C@@H]1CCCO1. The van der Waals surface area contributed by atoms with Crippen molar-refractivity contribution in [3.8, 4) is 0 Å². The maximum atomic E-state index is 12.6. The van der Waals surface area contributed by atoms with Gasteiger partial charge >= 0.3 is 5.69 Å². The van der Waals surface area contributed by atoms with Gasteiger partial charge in [-0.2, -0.15) is 0 Å². The lowest BCUT2D eigenvalue weighted by atomic mass is 10.1. The Morgan fingerprint density at radius 2 is 2.19 bits per heavy atom. The fourth-order valence-corrected chi connectivity index (χ4v) is 3.86. The Kier molecular flexibility index (Phi) is 5.83.